The van der Waals surface area contributed by atoms with Crippen LogP contribution in [0.3, 0.4) is 0 Å². The molecule has 0 spiro atoms. The lowest BCUT2D eigenvalue weighted by molar-refractivity contribution is 0.635. The van der Waals surface area contributed by atoms with Gasteiger partial charge in [0.05, 0.1) is 0 Å². The van der Waals surface area contributed by atoms with E-state index in [-0.39, 0.29) is 0 Å². The van der Waals surface area contributed by atoms with Gasteiger partial charge in [-0.05, 0) is 44.3 Å². The average molecular weight is 524 g/mol. The van der Waals surface area contributed by atoms with Crippen molar-refractivity contribution in [1.29, 1.82) is 0 Å². The molecule has 8 rings (SSSR count). The smallest absolute Gasteiger partial charge is 0.144 e. The van der Waals surface area contributed by atoms with Crippen LogP contribution in [0.5, 0.6) is 0 Å². The molecule has 2 aromatic heterocycles. The van der Waals surface area contributed by atoms with Gasteiger partial charge in [0.25, 0.3) is 0 Å². The number of fused-ring (bicyclic) bond motifs is 3. The second-order valence-corrected chi connectivity index (χ2v) is 10.3. The maximum Gasteiger partial charge on any atom is 0.144 e. The molecule has 0 amide bonds. The molecule has 2 nitrogen and oxygen atoms in total. The van der Waals surface area contributed by atoms with Crippen LogP contribution in [0.4, 0.5) is 0 Å². The van der Waals surface area contributed by atoms with Gasteiger partial charge in [0, 0.05) is 40.0 Å². The SMILES string of the molecule is c1ccc(-c2c3ccccc3c(-c3oc4c(-c5cccnc5)cccc4c3-c3ccccc3)c3ccccc23)cc1. The molecule has 41 heavy (non-hydrogen) atoms. The molecule has 0 bridgehead atoms. The molecule has 0 aliphatic carbocycles. The first-order chi connectivity index (χ1) is 20.4. The summed E-state index contributed by atoms with van der Waals surface area (Å²) in [5.74, 6) is 0.884. The molecular formula is C39H25NO. The minimum atomic E-state index is 0.870. The summed E-state index contributed by atoms with van der Waals surface area (Å²) in [5, 5.41) is 5.85. The van der Waals surface area contributed by atoms with Crippen molar-refractivity contribution in [2.24, 2.45) is 0 Å². The summed E-state index contributed by atoms with van der Waals surface area (Å²) in [5.41, 5.74) is 8.74. The lowest BCUT2D eigenvalue weighted by Gasteiger charge is -2.17. The van der Waals surface area contributed by atoms with Crippen molar-refractivity contribution in [3.8, 4) is 44.7 Å². The van der Waals surface area contributed by atoms with Gasteiger partial charge < -0.3 is 4.42 Å². The van der Waals surface area contributed by atoms with Crippen LogP contribution in [-0.2, 0) is 0 Å². The first-order valence-corrected chi connectivity index (χ1v) is 13.9. The Balaban J connectivity index is 1.55. The fourth-order valence-corrected chi connectivity index (χ4v) is 6.22. The maximum absolute atomic E-state index is 7.06. The van der Waals surface area contributed by atoms with Gasteiger partial charge in [0.2, 0.25) is 0 Å². The minimum absolute atomic E-state index is 0.870. The molecule has 2 heterocycles. The van der Waals surface area contributed by atoms with Gasteiger partial charge in [-0.2, -0.15) is 0 Å². The van der Waals surface area contributed by atoms with Crippen LogP contribution in [0, 0.1) is 0 Å². The number of furan rings is 1. The van der Waals surface area contributed by atoms with E-state index in [1.54, 1.807) is 6.20 Å². The van der Waals surface area contributed by atoms with Crippen LogP contribution in [0.25, 0.3) is 77.2 Å². The van der Waals surface area contributed by atoms with Crippen LogP contribution in [-0.4, -0.2) is 4.98 Å². The lowest BCUT2D eigenvalue weighted by Crippen LogP contribution is -1.91. The van der Waals surface area contributed by atoms with E-state index in [4.69, 9.17) is 4.42 Å². The molecule has 6 aromatic carbocycles. The fourth-order valence-electron chi connectivity index (χ4n) is 6.22. The minimum Gasteiger partial charge on any atom is -0.455 e. The van der Waals surface area contributed by atoms with Gasteiger partial charge in [-0.3, -0.25) is 4.98 Å². The van der Waals surface area contributed by atoms with E-state index in [1.807, 2.05) is 12.3 Å². The van der Waals surface area contributed by atoms with Crippen molar-refractivity contribution in [2.75, 3.05) is 0 Å². The van der Waals surface area contributed by atoms with E-state index in [2.05, 4.69) is 138 Å². The monoisotopic (exact) mass is 523 g/mol. The van der Waals surface area contributed by atoms with Crippen molar-refractivity contribution in [3.05, 3.63) is 152 Å². The topological polar surface area (TPSA) is 26.0 Å². The Morgan fingerprint density at radius 2 is 0.902 bits per heavy atom. The largest absolute Gasteiger partial charge is 0.455 e. The molecular weight excluding hydrogens is 498 g/mol. The third kappa shape index (κ3) is 3.76. The Hall–Kier alpha value is -5.47. The van der Waals surface area contributed by atoms with Crippen molar-refractivity contribution < 1.29 is 4.42 Å². The molecule has 192 valence electrons. The van der Waals surface area contributed by atoms with Gasteiger partial charge in [-0.15, -0.1) is 0 Å². The zero-order chi connectivity index (χ0) is 27.2. The highest BCUT2D eigenvalue weighted by Crippen LogP contribution is 2.50. The second-order valence-electron chi connectivity index (χ2n) is 10.3. The Labute approximate surface area is 238 Å². The molecule has 0 aliphatic rings. The van der Waals surface area contributed by atoms with Gasteiger partial charge >= 0.3 is 0 Å². The van der Waals surface area contributed by atoms with Gasteiger partial charge in [0.1, 0.15) is 11.3 Å². The molecule has 0 unspecified atom stereocenters. The number of para-hydroxylation sites is 1. The third-order valence-corrected chi connectivity index (χ3v) is 7.97. The molecule has 0 aliphatic heterocycles. The summed E-state index contributed by atoms with van der Waals surface area (Å²) in [7, 11) is 0. The van der Waals surface area contributed by atoms with Gasteiger partial charge in [-0.25, -0.2) is 0 Å². The normalized spacial score (nSPS) is 11.4. The zero-order valence-electron chi connectivity index (χ0n) is 22.3. The highest BCUT2D eigenvalue weighted by molar-refractivity contribution is 6.23. The molecule has 0 saturated heterocycles. The molecule has 0 radical (unpaired) electrons. The van der Waals surface area contributed by atoms with Gasteiger partial charge in [0.15, 0.2) is 0 Å². The standard InChI is InChI=1S/C39H25NO/c1-3-13-26(14-4-1)35-30-18-7-9-20-32(30)37(33-21-10-8-19-31(33)35)39-36(27-15-5-2-6-16-27)34-23-11-22-29(38(34)41-39)28-17-12-24-40-25-28/h1-25H. The number of rotatable bonds is 4. The number of hydrogen-bond donors (Lipinski definition) is 0. The van der Waals surface area contributed by atoms with E-state index in [9.17, 15) is 0 Å². The van der Waals surface area contributed by atoms with Crippen molar-refractivity contribution in [2.45, 2.75) is 0 Å². The van der Waals surface area contributed by atoms with Gasteiger partial charge in [-0.1, -0.05) is 133 Å². The maximum atomic E-state index is 7.06. The Morgan fingerprint density at radius 1 is 0.390 bits per heavy atom. The summed E-state index contributed by atoms with van der Waals surface area (Å²) in [6, 6.07) is 49.2. The highest BCUT2D eigenvalue weighted by atomic mass is 16.3. The highest BCUT2D eigenvalue weighted by Gasteiger charge is 2.25. The van der Waals surface area contributed by atoms with Crippen LogP contribution < -0.4 is 0 Å². The third-order valence-electron chi connectivity index (χ3n) is 7.97. The van der Waals surface area contributed by atoms with Crippen LogP contribution in [0.15, 0.2) is 156 Å². The fraction of sp³-hybridized carbons (Fsp3) is 0. The van der Waals surface area contributed by atoms with Crippen LogP contribution >= 0.6 is 0 Å². The van der Waals surface area contributed by atoms with E-state index in [0.717, 1.165) is 44.5 Å². The Kier molecular flexibility index (Phi) is 5.49. The molecule has 0 N–H and O–H groups in total. The van der Waals surface area contributed by atoms with Crippen LogP contribution in [0.1, 0.15) is 0 Å². The summed E-state index contributed by atoms with van der Waals surface area (Å²) in [4.78, 5) is 4.39. The van der Waals surface area contributed by atoms with E-state index >= 15 is 0 Å². The molecule has 8 aromatic rings. The van der Waals surface area contributed by atoms with E-state index in [0.29, 0.717) is 0 Å². The number of pyridine rings is 1. The lowest BCUT2D eigenvalue weighted by atomic mass is 9.86. The second kappa shape index (κ2) is 9.62. The predicted octanol–water partition coefficient (Wildman–Crippen LogP) is 10.8. The molecule has 0 fully saturated rings. The predicted molar refractivity (Wildman–Crippen MR) is 171 cm³/mol. The van der Waals surface area contributed by atoms with Crippen molar-refractivity contribution in [1.82, 2.24) is 4.98 Å². The molecule has 0 atom stereocenters. The Morgan fingerprint density at radius 3 is 1.49 bits per heavy atom. The number of hydrogen-bond acceptors (Lipinski definition) is 2. The molecule has 0 saturated carbocycles. The van der Waals surface area contributed by atoms with E-state index < -0.39 is 0 Å². The zero-order valence-corrected chi connectivity index (χ0v) is 22.3. The van der Waals surface area contributed by atoms with Crippen LogP contribution in [0.2, 0.25) is 0 Å². The molecule has 2 heteroatoms. The first-order valence-electron chi connectivity index (χ1n) is 13.9. The van der Waals surface area contributed by atoms with Crippen molar-refractivity contribution >= 4 is 32.5 Å². The first kappa shape index (κ1) is 23.4. The summed E-state index contributed by atoms with van der Waals surface area (Å²) in [6.07, 6.45) is 3.71. The van der Waals surface area contributed by atoms with E-state index in [1.165, 1.54) is 32.7 Å². The summed E-state index contributed by atoms with van der Waals surface area (Å²) < 4.78 is 7.06. The number of aromatic nitrogens is 1. The quantitative estimate of drug-likeness (QED) is 0.214. The summed E-state index contributed by atoms with van der Waals surface area (Å²) >= 11 is 0. The Bertz CT molecular complexity index is 2120. The summed E-state index contributed by atoms with van der Waals surface area (Å²) in [6.45, 7) is 0. The number of benzene rings is 6. The van der Waals surface area contributed by atoms with Crippen molar-refractivity contribution in [3.63, 3.8) is 0 Å². The number of nitrogens with zero attached hydrogens (tertiary/aromatic N) is 1. The average Bonchev–Trinajstić information content (AvgIpc) is 3.44.